The van der Waals surface area contributed by atoms with E-state index in [9.17, 15) is 0 Å². The fourth-order valence-electron chi connectivity index (χ4n) is 3.21. The monoisotopic (exact) mass is 183 g/mol. The Morgan fingerprint density at radius 1 is 1.31 bits per heavy atom. The molecule has 0 radical (unpaired) electrons. The normalized spacial score (nSPS) is 32.5. The molecule has 1 N–H and O–H groups in total. The van der Waals surface area contributed by atoms with Gasteiger partial charge in [0.25, 0.3) is 0 Å². The number of hydrogen-bond acceptors (Lipinski definition) is 2. The van der Waals surface area contributed by atoms with Gasteiger partial charge in [-0.2, -0.15) is 0 Å². The van der Waals surface area contributed by atoms with Gasteiger partial charge in [-0.3, -0.25) is 0 Å². The van der Waals surface area contributed by atoms with Gasteiger partial charge in [0.1, 0.15) is 0 Å². The Bertz CT molecular complexity index is 163. The maximum absolute atomic E-state index is 5.46. The van der Waals surface area contributed by atoms with Crippen LogP contribution in [0, 0.1) is 11.3 Å². The first-order valence-corrected chi connectivity index (χ1v) is 5.60. The Morgan fingerprint density at radius 3 is 2.77 bits per heavy atom. The first-order chi connectivity index (χ1) is 6.37. The van der Waals surface area contributed by atoms with Crippen molar-refractivity contribution < 1.29 is 4.74 Å². The first kappa shape index (κ1) is 9.47. The van der Waals surface area contributed by atoms with E-state index >= 15 is 0 Å². The van der Waals surface area contributed by atoms with Gasteiger partial charge in [-0.25, -0.2) is 0 Å². The Labute approximate surface area is 81.0 Å². The van der Waals surface area contributed by atoms with Crippen molar-refractivity contribution in [2.75, 3.05) is 26.8 Å². The molecule has 1 atom stereocenters. The van der Waals surface area contributed by atoms with Crippen molar-refractivity contribution in [3.8, 4) is 0 Å². The van der Waals surface area contributed by atoms with Crippen LogP contribution in [0.5, 0.6) is 0 Å². The smallest absolute Gasteiger partial charge is 0.0471 e. The minimum atomic E-state index is 0.654. The molecule has 1 saturated heterocycles. The molecular formula is C11H21NO. The van der Waals surface area contributed by atoms with E-state index in [2.05, 4.69) is 12.4 Å². The van der Waals surface area contributed by atoms with E-state index in [-0.39, 0.29) is 0 Å². The molecule has 13 heavy (non-hydrogen) atoms. The summed E-state index contributed by atoms with van der Waals surface area (Å²) in [6, 6.07) is 0. The molecular weight excluding hydrogens is 162 g/mol. The molecule has 2 fully saturated rings. The van der Waals surface area contributed by atoms with Crippen LogP contribution in [0.4, 0.5) is 0 Å². The Morgan fingerprint density at radius 2 is 2.08 bits per heavy atom. The molecule has 2 aliphatic rings. The van der Waals surface area contributed by atoms with E-state index in [1.807, 2.05) is 0 Å². The van der Waals surface area contributed by atoms with Gasteiger partial charge in [-0.1, -0.05) is 6.42 Å². The van der Waals surface area contributed by atoms with Crippen LogP contribution in [0.2, 0.25) is 0 Å². The van der Waals surface area contributed by atoms with Gasteiger partial charge in [0.2, 0.25) is 0 Å². The molecule has 0 aromatic rings. The molecule has 0 aromatic heterocycles. The highest BCUT2D eigenvalue weighted by Gasteiger charge is 2.42. The average Bonchev–Trinajstić information content (AvgIpc) is 2.52. The van der Waals surface area contributed by atoms with E-state index in [1.165, 1.54) is 38.6 Å². The minimum Gasteiger partial charge on any atom is -0.381 e. The van der Waals surface area contributed by atoms with Gasteiger partial charge in [-0.05, 0) is 50.6 Å². The molecule has 2 nitrogen and oxygen atoms in total. The van der Waals surface area contributed by atoms with E-state index in [1.54, 1.807) is 0 Å². The van der Waals surface area contributed by atoms with Crippen molar-refractivity contribution in [3.05, 3.63) is 0 Å². The summed E-state index contributed by atoms with van der Waals surface area (Å²) in [6.45, 7) is 3.21. The molecule has 0 aromatic carbocycles. The second-order valence-corrected chi connectivity index (χ2v) is 4.62. The first-order valence-electron chi connectivity index (χ1n) is 5.60. The molecule has 1 saturated carbocycles. The van der Waals surface area contributed by atoms with E-state index in [0.29, 0.717) is 5.41 Å². The summed E-state index contributed by atoms with van der Waals surface area (Å²) in [5.74, 6) is 0.918. The SMILES string of the molecule is CNCC1CCCC12CCOCC2. The molecule has 1 aliphatic carbocycles. The molecule has 76 valence electrons. The maximum Gasteiger partial charge on any atom is 0.0471 e. The molecule has 0 bridgehead atoms. The lowest BCUT2D eigenvalue weighted by Crippen LogP contribution is -2.37. The van der Waals surface area contributed by atoms with Crippen LogP contribution in [-0.2, 0) is 4.74 Å². The highest BCUT2D eigenvalue weighted by molar-refractivity contribution is 4.93. The average molecular weight is 183 g/mol. The van der Waals surface area contributed by atoms with Gasteiger partial charge < -0.3 is 10.1 Å². The predicted molar refractivity (Wildman–Crippen MR) is 53.8 cm³/mol. The van der Waals surface area contributed by atoms with Crippen molar-refractivity contribution in [1.82, 2.24) is 5.32 Å². The van der Waals surface area contributed by atoms with Crippen molar-refractivity contribution in [2.45, 2.75) is 32.1 Å². The molecule has 1 heterocycles. The maximum atomic E-state index is 5.46. The summed E-state index contributed by atoms with van der Waals surface area (Å²) >= 11 is 0. The van der Waals surface area contributed by atoms with Crippen LogP contribution in [0.15, 0.2) is 0 Å². The third-order valence-electron chi connectivity index (χ3n) is 4.03. The quantitative estimate of drug-likeness (QED) is 0.705. The Hall–Kier alpha value is -0.0800. The zero-order chi connectivity index (χ0) is 9.15. The minimum absolute atomic E-state index is 0.654. The van der Waals surface area contributed by atoms with Crippen LogP contribution in [0.25, 0.3) is 0 Å². The lowest BCUT2D eigenvalue weighted by atomic mass is 9.72. The van der Waals surface area contributed by atoms with Crippen molar-refractivity contribution in [2.24, 2.45) is 11.3 Å². The van der Waals surface area contributed by atoms with Gasteiger partial charge in [-0.15, -0.1) is 0 Å². The Balaban J connectivity index is 2.00. The molecule has 2 rings (SSSR count). The third-order valence-corrected chi connectivity index (χ3v) is 4.03. The lowest BCUT2D eigenvalue weighted by molar-refractivity contribution is -0.00526. The highest BCUT2D eigenvalue weighted by Crippen LogP contribution is 2.49. The number of rotatable bonds is 2. The van der Waals surface area contributed by atoms with Crippen LogP contribution in [-0.4, -0.2) is 26.8 Å². The largest absolute Gasteiger partial charge is 0.381 e. The number of nitrogens with one attached hydrogen (secondary N) is 1. The summed E-state index contributed by atoms with van der Waals surface area (Å²) in [5.41, 5.74) is 0.654. The second-order valence-electron chi connectivity index (χ2n) is 4.62. The lowest BCUT2D eigenvalue weighted by Gasteiger charge is -2.39. The Kier molecular flexibility index (Phi) is 2.89. The summed E-state index contributed by atoms with van der Waals surface area (Å²) in [4.78, 5) is 0. The van der Waals surface area contributed by atoms with Gasteiger partial charge in [0.15, 0.2) is 0 Å². The van der Waals surface area contributed by atoms with E-state index in [0.717, 1.165) is 19.1 Å². The van der Waals surface area contributed by atoms with Crippen molar-refractivity contribution in [1.29, 1.82) is 0 Å². The van der Waals surface area contributed by atoms with Crippen LogP contribution in [0.1, 0.15) is 32.1 Å². The topological polar surface area (TPSA) is 21.3 Å². The zero-order valence-electron chi connectivity index (χ0n) is 8.64. The highest BCUT2D eigenvalue weighted by atomic mass is 16.5. The molecule has 1 unspecified atom stereocenters. The van der Waals surface area contributed by atoms with Crippen LogP contribution < -0.4 is 5.32 Å². The van der Waals surface area contributed by atoms with Gasteiger partial charge in [0, 0.05) is 13.2 Å². The molecule has 1 spiro atoms. The van der Waals surface area contributed by atoms with Crippen LogP contribution >= 0.6 is 0 Å². The molecule has 2 heteroatoms. The summed E-state index contributed by atoms with van der Waals surface area (Å²) in [5, 5.41) is 3.34. The summed E-state index contributed by atoms with van der Waals surface area (Å²) in [7, 11) is 2.07. The van der Waals surface area contributed by atoms with Gasteiger partial charge in [0.05, 0.1) is 0 Å². The van der Waals surface area contributed by atoms with Crippen molar-refractivity contribution in [3.63, 3.8) is 0 Å². The van der Waals surface area contributed by atoms with Crippen LogP contribution in [0.3, 0.4) is 0 Å². The van der Waals surface area contributed by atoms with E-state index in [4.69, 9.17) is 4.74 Å². The fourth-order valence-corrected chi connectivity index (χ4v) is 3.21. The second kappa shape index (κ2) is 3.97. The zero-order valence-corrected chi connectivity index (χ0v) is 8.64. The molecule has 0 amide bonds. The number of hydrogen-bond donors (Lipinski definition) is 1. The van der Waals surface area contributed by atoms with E-state index < -0.39 is 0 Å². The summed E-state index contributed by atoms with van der Waals surface area (Å²) < 4.78 is 5.46. The standard InChI is InChI=1S/C11H21NO/c1-12-9-10-3-2-4-11(10)5-7-13-8-6-11/h10,12H,2-9H2,1H3. The van der Waals surface area contributed by atoms with Crippen molar-refractivity contribution >= 4 is 0 Å². The predicted octanol–water partition coefficient (Wildman–Crippen LogP) is 1.80. The summed E-state index contributed by atoms with van der Waals surface area (Å²) in [6.07, 6.45) is 6.93. The molecule has 1 aliphatic heterocycles. The third kappa shape index (κ3) is 1.75. The van der Waals surface area contributed by atoms with Gasteiger partial charge >= 0.3 is 0 Å². The number of ether oxygens (including phenoxy) is 1. The fraction of sp³-hybridized carbons (Fsp3) is 1.00.